The summed E-state index contributed by atoms with van der Waals surface area (Å²) in [6, 6.07) is 0. The summed E-state index contributed by atoms with van der Waals surface area (Å²) in [7, 11) is -4.52. The number of hydrogen-bond acceptors (Lipinski definition) is 13. The molecule has 0 saturated heterocycles. The van der Waals surface area contributed by atoms with Crippen molar-refractivity contribution in [2.24, 2.45) is 0 Å². The lowest BCUT2D eigenvalue weighted by molar-refractivity contribution is -0.271. The van der Waals surface area contributed by atoms with E-state index in [0.29, 0.717) is 0 Å². The molecule has 0 fully saturated rings. The van der Waals surface area contributed by atoms with Gasteiger partial charge in [0, 0.05) is 11.1 Å². The first-order chi connectivity index (χ1) is 16.3. The number of hydrogen-bond donors (Lipinski definition) is 1. The zero-order chi connectivity index (χ0) is 27.0. The number of esters is 2. The third-order valence-electron chi connectivity index (χ3n) is 3.14. The van der Waals surface area contributed by atoms with Crippen molar-refractivity contribution in [3.05, 3.63) is 48.0 Å². The third kappa shape index (κ3) is 15.4. The van der Waals surface area contributed by atoms with Crippen molar-refractivity contribution in [2.45, 2.75) is 27.7 Å². The van der Waals surface area contributed by atoms with E-state index in [-0.39, 0.29) is 22.3 Å². The zero-order valence-corrected chi connectivity index (χ0v) is 20.5. The van der Waals surface area contributed by atoms with Crippen LogP contribution in [-0.4, -0.2) is 55.2 Å². The van der Waals surface area contributed by atoms with E-state index in [4.69, 9.17) is 0 Å². The minimum absolute atomic E-state index is 0.101. The summed E-state index contributed by atoms with van der Waals surface area (Å²) >= 11 is 0. The fourth-order valence-electron chi connectivity index (χ4n) is 1.31. The van der Waals surface area contributed by atoms with Crippen molar-refractivity contribution in [1.29, 1.82) is 0 Å². The lowest BCUT2D eigenvalue weighted by Crippen LogP contribution is -2.13. The molecule has 0 aromatic rings. The lowest BCUT2D eigenvalue weighted by Gasteiger charge is -2.11. The molecule has 35 heavy (non-hydrogen) atoms. The van der Waals surface area contributed by atoms with Crippen LogP contribution < -0.4 is 0 Å². The van der Waals surface area contributed by atoms with Gasteiger partial charge in [0.05, 0.1) is 24.4 Å². The largest absolute Gasteiger partial charge is 0.472 e. The number of phosphoric ester groups is 1. The summed E-state index contributed by atoms with van der Waals surface area (Å²) in [5.74, 6) is -3.42. The van der Waals surface area contributed by atoms with Gasteiger partial charge in [0.1, 0.15) is 25.7 Å². The first kappa shape index (κ1) is 31.9. The van der Waals surface area contributed by atoms with Crippen LogP contribution in [0.2, 0.25) is 0 Å². The van der Waals surface area contributed by atoms with Crippen LogP contribution in [0.1, 0.15) is 27.7 Å². The number of carbonyl (C=O) groups is 4. The van der Waals surface area contributed by atoms with Gasteiger partial charge in [-0.15, -0.1) is 0 Å². The maximum absolute atomic E-state index is 11.7. The normalized spacial score (nSPS) is 13.3. The Balaban J connectivity index is 4.08. The quantitative estimate of drug-likeness (QED) is 0.0592. The SMILES string of the molecule is C=C(C)C(=O)OC=C(C)C(=O)OOCCOP(=O)(O)OCCOOC(=O)C(C)=COC(=O)C(=C)C. The van der Waals surface area contributed by atoms with E-state index in [1.165, 1.54) is 27.7 Å². The van der Waals surface area contributed by atoms with Crippen molar-refractivity contribution in [1.82, 2.24) is 0 Å². The lowest BCUT2D eigenvalue weighted by atomic mass is 10.3. The molecule has 0 spiro atoms. The molecule has 15 heteroatoms. The molecule has 0 radical (unpaired) electrons. The average molecular weight is 522 g/mol. The van der Waals surface area contributed by atoms with Gasteiger partial charge in [-0.05, 0) is 27.7 Å². The molecule has 0 atom stereocenters. The van der Waals surface area contributed by atoms with Crippen LogP contribution >= 0.6 is 7.82 Å². The fraction of sp³-hybridized carbons (Fsp3) is 0.400. The monoisotopic (exact) mass is 522 g/mol. The van der Waals surface area contributed by atoms with Crippen molar-refractivity contribution >= 4 is 31.7 Å². The van der Waals surface area contributed by atoms with Crippen LogP contribution in [0.15, 0.2) is 48.0 Å². The first-order valence-electron chi connectivity index (χ1n) is 9.62. The Kier molecular flexibility index (Phi) is 15.0. The van der Waals surface area contributed by atoms with Gasteiger partial charge in [-0.25, -0.2) is 23.7 Å². The minimum Gasteiger partial charge on any atom is -0.431 e. The van der Waals surface area contributed by atoms with E-state index in [2.05, 4.69) is 51.2 Å². The third-order valence-corrected chi connectivity index (χ3v) is 4.16. The minimum atomic E-state index is -4.52. The van der Waals surface area contributed by atoms with Gasteiger partial charge < -0.3 is 14.4 Å². The Morgan fingerprint density at radius 2 is 1.03 bits per heavy atom. The summed E-state index contributed by atoms with van der Waals surface area (Å²) in [6.45, 7) is 10.3. The second kappa shape index (κ2) is 16.5. The van der Waals surface area contributed by atoms with E-state index in [9.17, 15) is 28.6 Å². The molecule has 0 bridgehead atoms. The Bertz CT molecular complexity index is 847. The summed E-state index contributed by atoms with van der Waals surface area (Å²) in [6.07, 6.45) is 1.70. The summed E-state index contributed by atoms with van der Waals surface area (Å²) in [5, 5.41) is 0. The highest BCUT2D eigenvalue weighted by atomic mass is 31.2. The maximum atomic E-state index is 11.7. The molecule has 0 unspecified atom stereocenters. The van der Waals surface area contributed by atoms with Gasteiger partial charge >= 0.3 is 31.7 Å². The van der Waals surface area contributed by atoms with E-state index >= 15 is 0 Å². The standard InChI is InChI=1S/C20H27O14P/c1-13(2)17(21)27-11-15(5)19(23)33-29-7-9-31-35(25,26)32-10-8-30-34-20(24)16(6)12-28-18(22)14(3)4/h11-12H,1,3,7-10H2,2,4-6H3,(H,25,26). The smallest absolute Gasteiger partial charge is 0.431 e. The Morgan fingerprint density at radius 3 is 1.34 bits per heavy atom. The van der Waals surface area contributed by atoms with Crippen LogP contribution in [0.3, 0.4) is 0 Å². The highest BCUT2D eigenvalue weighted by Gasteiger charge is 2.21. The van der Waals surface area contributed by atoms with Crippen LogP contribution in [0.4, 0.5) is 0 Å². The second-order valence-electron chi connectivity index (χ2n) is 6.49. The van der Waals surface area contributed by atoms with E-state index < -0.39 is 58.1 Å². The van der Waals surface area contributed by atoms with Crippen molar-refractivity contribution in [3.63, 3.8) is 0 Å². The van der Waals surface area contributed by atoms with Crippen molar-refractivity contribution in [3.8, 4) is 0 Å². The predicted octanol–water partition coefficient (Wildman–Crippen LogP) is 2.12. The van der Waals surface area contributed by atoms with Gasteiger partial charge in [0.2, 0.25) is 0 Å². The molecule has 0 rings (SSSR count). The summed E-state index contributed by atoms with van der Waals surface area (Å²) < 4.78 is 30.1. The van der Waals surface area contributed by atoms with Crippen LogP contribution in [0.25, 0.3) is 0 Å². The Morgan fingerprint density at radius 1 is 0.686 bits per heavy atom. The highest BCUT2D eigenvalue weighted by molar-refractivity contribution is 7.47. The zero-order valence-electron chi connectivity index (χ0n) is 19.6. The number of carbonyl (C=O) groups excluding carboxylic acids is 4. The van der Waals surface area contributed by atoms with E-state index in [1.54, 1.807) is 0 Å². The predicted molar refractivity (Wildman–Crippen MR) is 115 cm³/mol. The topological polar surface area (TPSA) is 179 Å². The molecular formula is C20H27O14P. The molecule has 0 heterocycles. The van der Waals surface area contributed by atoms with Crippen molar-refractivity contribution in [2.75, 3.05) is 26.4 Å². The molecule has 0 aromatic carbocycles. The van der Waals surface area contributed by atoms with Gasteiger partial charge in [-0.2, -0.15) is 9.78 Å². The van der Waals surface area contributed by atoms with Crippen LogP contribution in [0.5, 0.6) is 0 Å². The first-order valence-corrected chi connectivity index (χ1v) is 11.1. The number of phosphoric acid groups is 1. The Hall–Kier alpha value is -3.13. The number of rotatable bonds is 16. The van der Waals surface area contributed by atoms with Gasteiger partial charge in [-0.1, -0.05) is 13.2 Å². The summed E-state index contributed by atoms with van der Waals surface area (Å²) in [4.78, 5) is 72.9. The van der Waals surface area contributed by atoms with Crippen molar-refractivity contribution < 1.29 is 66.7 Å². The highest BCUT2D eigenvalue weighted by Crippen LogP contribution is 2.42. The van der Waals surface area contributed by atoms with Gasteiger partial charge in [0.25, 0.3) is 0 Å². The van der Waals surface area contributed by atoms with Gasteiger partial charge in [0.15, 0.2) is 0 Å². The van der Waals surface area contributed by atoms with E-state index in [1.807, 2.05) is 0 Å². The van der Waals surface area contributed by atoms with Gasteiger partial charge in [-0.3, -0.25) is 18.8 Å². The molecule has 14 nitrogen and oxygen atoms in total. The molecule has 0 amide bonds. The summed E-state index contributed by atoms with van der Waals surface area (Å²) in [5.41, 5.74) is 0.0575. The molecule has 1 N–H and O–H groups in total. The fourth-order valence-corrected chi connectivity index (χ4v) is 2.00. The molecule has 196 valence electrons. The molecule has 0 saturated carbocycles. The second-order valence-corrected chi connectivity index (χ2v) is 7.95. The van der Waals surface area contributed by atoms with Crippen LogP contribution in [0, 0.1) is 0 Å². The van der Waals surface area contributed by atoms with Crippen LogP contribution in [-0.2, 0) is 61.8 Å². The molecule has 0 aliphatic rings. The van der Waals surface area contributed by atoms with E-state index in [0.717, 1.165) is 12.5 Å². The maximum Gasteiger partial charge on any atom is 0.472 e. The molecule has 0 aromatic heterocycles. The average Bonchev–Trinajstić information content (AvgIpc) is 2.79. The Labute approximate surface area is 201 Å². The molecule has 0 aliphatic heterocycles. The molecule has 0 aliphatic carbocycles. The molecular weight excluding hydrogens is 495 g/mol. The number of ether oxygens (including phenoxy) is 2.